The number of carboxylic acid groups (broad SMARTS) is 1. The van der Waals surface area contributed by atoms with E-state index < -0.39 is 21.8 Å². The van der Waals surface area contributed by atoms with E-state index in [9.17, 15) is 22.7 Å². The summed E-state index contributed by atoms with van der Waals surface area (Å²) in [6.07, 6.45) is 1.72. The van der Waals surface area contributed by atoms with E-state index in [0.29, 0.717) is 28.8 Å². The molecule has 0 amide bonds. The number of hydrogen-bond acceptors (Lipinski definition) is 6. The number of carboxylic acids is 1. The minimum absolute atomic E-state index is 0.149. The van der Waals surface area contributed by atoms with Crippen LogP contribution < -0.4 is 4.72 Å². The molecule has 0 atom stereocenters. The average Bonchev–Trinajstić information content (AvgIpc) is 3.33. The van der Waals surface area contributed by atoms with Gasteiger partial charge in [0.25, 0.3) is 10.0 Å². The fourth-order valence-electron chi connectivity index (χ4n) is 3.38. The van der Waals surface area contributed by atoms with Crippen molar-refractivity contribution in [2.75, 3.05) is 4.72 Å². The number of halogens is 1. The number of aromatic carboxylic acids is 1. The highest BCUT2D eigenvalue weighted by Gasteiger charge is 2.22. The summed E-state index contributed by atoms with van der Waals surface area (Å²) in [4.78, 5) is 11.3. The first-order valence-corrected chi connectivity index (χ1v) is 11.3. The highest BCUT2D eigenvalue weighted by molar-refractivity contribution is 7.92. The lowest BCUT2D eigenvalue weighted by atomic mass is 10.0. The molecule has 9 nitrogen and oxygen atoms in total. The van der Waals surface area contributed by atoms with Crippen molar-refractivity contribution in [3.8, 4) is 16.8 Å². The molecule has 11 heteroatoms. The van der Waals surface area contributed by atoms with Crippen LogP contribution in [0.4, 0.5) is 10.1 Å². The van der Waals surface area contributed by atoms with Crippen LogP contribution in [0.2, 0.25) is 0 Å². The lowest BCUT2D eigenvalue weighted by molar-refractivity contribution is 0.0696. The molecule has 0 saturated heterocycles. The summed E-state index contributed by atoms with van der Waals surface area (Å²) in [6.45, 7) is 1.77. The van der Waals surface area contributed by atoms with Crippen molar-refractivity contribution >= 4 is 21.7 Å². The minimum atomic E-state index is -4.21. The highest BCUT2D eigenvalue weighted by atomic mass is 32.2. The Morgan fingerprint density at radius 2 is 1.94 bits per heavy atom. The first kappa shape index (κ1) is 22.1. The van der Waals surface area contributed by atoms with Crippen molar-refractivity contribution in [1.82, 2.24) is 20.2 Å². The number of aromatic nitrogens is 4. The van der Waals surface area contributed by atoms with Crippen LogP contribution in [0.15, 0.2) is 71.9 Å². The van der Waals surface area contributed by atoms with Crippen LogP contribution in [0.5, 0.6) is 0 Å². The Morgan fingerprint density at radius 1 is 1.12 bits per heavy atom. The van der Waals surface area contributed by atoms with Crippen molar-refractivity contribution < 1.29 is 22.7 Å². The smallest absolute Gasteiger partial charge is 0.335 e. The maximum Gasteiger partial charge on any atom is 0.335 e. The van der Waals surface area contributed by atoms with E-state index in [4.69, 9.17) is 0 Å². The van der Waals surface area contributed by atoms with Crippen LogP contribution in [0, 0.1) is 5.82 Å². The number of tetrazole rings is 1. The Hall–Kier alpha value is -4.12. The SMILES string of the molecule is CCc1ccc(C(=O)O)cc1S(=O)(=O)Nc1cc(-n2cnnn2)ccc1-c1cccc(F)c1. The number of benzene rings is 3. The predicted octanol–water partition coefficient (Wildman–Crippen LogP) is 3.53. The van der Waals surface area contributed by atoms with Crippen molar-refractivity contribution in [2.45, 2.75) is 18.2 Å². The summed E-state index contributed by atoms with van der Waals surface area (Å²) < 4.78 is 44.5. The molecule has 0 saturated carbocycles. The monoisotopic (exact) mass is 467 g/mol. The van der Waals surface area contributed by atoms with Crippen molar-refractivity contribution in [2.24, 2.45) is 0 Å². The van der Waals surface area contributed by atoms with E-state index in [1.165, 1.54) is 47.4 Å². The Labute approximate surface area is 188 Å². The van der Waals surface area contributed by atoms with E-state index in [1.54, 1.807) is 25.1 Å². The third kappa shape index (κ3) is 4.58. The number of aryl methyl sites for hydroxylation is 1. The quantitative estimate of drug-likeness (QED) is 0.426. The van der Waals surface area contributed by atoms with E-state index in [1.807, 2.05) is 0 Å². The molecule has 2 N–H and O–H groups in total. The number of sulfonamides is 1. The number of carbonyl (C=O) groups is 1. The van der Waals surface area contributed by atoms with E-state index in [0.717, 1.165) is 6.07 Å². The van der Waals surface area contributed by atoms with Crippen LogP contribution >= 0.6 is 0 Å². The zero-order valence-corrected chi connectivity index (χ0v) is 18.1. The molecule has 0 bridgehead atoms. The van der Waals surface area contributed by atoms with Gasteiger partial charge >= 0.3 is 5.97 Å². The van der Waals surface area contributed by atoms with E-state index >= 15 is 0 Å². The lowest BCUT2D eigenvalue weighted by Crippen LogP contribution is -2.17. The summed E-state index contributed by atoms with van der Waals surface area (Å²) in [5, 5.41) is 20.3. The van der Waals surface area contributed by atoms with Gasteiger partial charge in [0.15, 0.2) is 0 Å². The predicted molar refractivity (Wildman–Crippen MR) is 118 cm³/mol. The van der Waals surface area contributed by atoms with Gasteiger partial charge in [-0.05, 0) is 64.4 Å². The van der Waals surface area contributed by atoms with Crippen LogP contribution in [0.1, 0.15) is 22.8 Å². The van der Waals surface area contributed by atoms with Gasteiger partial charge in [0.2, 0.25) is 0 Å². The minimum Gasteiger partial charge on any atom is -0.478 e. The summed E-state index contributed by atoms with van der Waals surface area (Å²) in [5.41, 5.74) is 1.79. The third-order valence-corrected chi connectivity index (χ3v) is 6.43. The van der Waals surface area contributed by atoms with Gasteiger partial charge in [0.1, 0.15) is 12.1 Å². The number of nitrogens with zero attached hydrogens (tertiary/aromatic N) is 4. The molecule has 0 aliphatic carbocycles. The summed E-state index contributed by atoms with van der Waals surface area (Å²) in [7, 11) is -4.21. The fourth-order valence-corrected chi connectivity index (χ4v) is 4.78. The van der Waals surface area contributed by atoms with Crippen molar-refractivity contribution in [3.05, 3.63) is 83.9 Å². The van der Waals surface area contributed by atoms with Gasteiger partial charge in [-0.3, -0.25) is 4.72 Å². The van der Waals surface area contributed by atoms with Crippen LogP contribution in [0.25, 0.3) is 16.8 Å². The van der Waals surface area contributed by atoms with Gasteiger partial charge < -0.3 is 5.11 Å². The molecule has 0 spiro atoms. The van der Waals surface area contributed by atoms with Gasteiger partial charge in [0.05, 0.1) is 21.8 Å². The molecule has 0 fully saturated rings. The maximum absolute atomic E-state index is 13.9. The highest BCUT2D eigenvalue weighted by Crippen LogP contribution is 2.33. The molecule has 1 aromatic heterocycles. The molecular weight excluding hydrogens is 449 g/mol. The third-order valence-electron chi connectivity index (χ3n) is 4.98. The van der Waals surface area contributed by atoms with Gasteiger partial charge in [-0.2, -0.15) is 0 Å². The van der Waals surface area contributed by atoms with Gasteiger partial charge in [-0.15, -0.1) is 5.10 Å². The van der Waals surface area contributed by atoms with Crippen LogP contribution in [-0.4, -0.2) is 39.7 Å². The molecule has 1 heterocycles. The van der Waals surface area contributed by atoms with E-state index in [2.05, 4.69) is 20.2 Å². The molecule has 4 rings (SSSR count). The maximum atomic E-state index is 13.9. The molecule has 33 heavy (non-hydrogen) atoms. The molecule has 0 radical (unpaired) electrons. The Morgan fingerprint density at radius 3 is 2.61 bits per heavy atom. The van der Waals surface area contributed by atoms with Crippen molar-refractivity contribution in [1.29, 1.82) is 0 Å². The average molecular weight is 467 g/mol. The second-order valence-corrected chi connectivity index (χ2v) is 8.73. The molecular formula is C22H18FN5O4S. The number of nitrogens with one attached hydrogen (secondary N) is 1. The zero-order chi connectivity index (χ0) is 23.6. The van der Waals surface area contributed by atoms with Gasteiger partial charge in [-0.25, -0.2) is 22.3 Å². The molecule has 0 aliphatic rings. The topological polar surface area (TPSA) is 127 Å². The molecule has 0 unspecified atom stereocenters. The van der Waals surface area contributed by atoms with Crippen LogP contribution in [0.3, 0.4) is 0 Å². The summed E-state index contributed by atoms with van der Waals surface area (Å²) in [6, 6.07) is 14.5. The molecule has 0 aliphatic heterocycles. The normalized spacial score (nSPS) is 11.3. The first-order chi connectivity index (χ1) is 15.8. The van der Waals surface area contributed by atoms with Crippen molar-refractivity contribution in [3.63, 3.8) is 0 Å². The molecule has 4 aromatic rings. The fraction of sp³-hybridized carbons (Fsp3) is 0.0909. The molecule has 168 valence electrons. The largest absolute Gasteiger partial charge is 0.478 e. The zero-order valence-electron chi connectivity index (χ0n) is 17.3. The van der Waals surface area contributed by atoms with Crippen LogP contribution in [-0.2, 0) is 16.4 Å². The second-order valence-electron chi connectivity index (χ2n) is 7.08. The summed E-state index contributed by atoms with van der Waals surface area (Å²) in [5.74, 6) is -1.72. The lowest BCUT2D eigenvalue weighted by Gasteiger charge is -2.16. The van der Waals surface area contributed by atoms with Gasteiger partial charge in [0, 0.05) is 5.56 Å². The van der Waals surface area contributed by atoms with Gasteiger partial charge in [-0.1, -0.05) is 31.2 Å². The first-order valence-electron chi connectivity index (χ1n) is 9.81. The molecule has 3 aromatic carbocycles. The second kappa shape index (κ2) is 8.79. The van der Waals surface area contributed by atoms with E-state index in [-0.39, 0.29) is 16.1 Å². The Balaban J connectivity index is 1.86. The number of hydrogen-bond donors (Lipinski definition) is 2. The Kier molecular flexibility index (Phi) is 5.88. The Bertz CT molecular complexity index is 1440. The number of anilines is 1. The number of rotatable bonds is 7. The standard InChI is InChI=1S/C22H18FN5O4S/c1-2-14-6-7-16(22(29)30)11-21(14)33(31,32)25-20-12-18(28-13-24-26-27-28)8-9-19(20)15-4-3-5-17(23)10-15/h3-13,25H,2H2,1H3,(H,29,30). The summed E-state index contributed by atoms with van der Waals surface area (Å²) >= 11 is 0.